The first-order chi connectivity index (χ1) is 6.70. The van der Waals surface area contributed by atoms with Gasteiger partial charge in [0.2, 0.25) is 5.88 Å². The van der Waals surface area contributed by atoms with Gasteiger partial charge in [-0.1, -0.05) is 23.2 Å². The zero-order chi connectivity index (χ0) is 10.1. The van der Waals surface area contributed by atoms with Crippen LogP contribution in [0.3, 0.4) is 0 Å². The number of hydrogen-bond donors (Lipinski definition) is 0. The molecule has 0 atom stereocenters. The highest BCUT2D eigenvalue weighted by Gasteiger charge is 2.04. The quantitative estimate of drug-likeness (QED) is 0.744. The Labute approximate surface area is 91.4 Å². The molecular weight excluding hydrogens is 221 g/mol. The van der Waals surface area contributed by atoms with Crippen molar-refractivity contribution in [2.45, 2.75) is 0 Å². The number of aromatic nitrogens is 1. The number of hydrogen-bond acceptors (Lipinski definition) is 2. The van der Waals surface area contributed by atoms with Crippen LogP contribution in [-0.2, 0) is 0 Å². The van der Waals surface area contributed by atoms with Crippen LogP contribution in [-0.4, -0.2) is 12.1 Å². The molecule has 2 nitrogen and oxygen atoms in total. The molecule has 1 aromatic heterocycles. The summed E-state index contributed by atoms with van der Waals surface area (Å²) in [5.74, 6) is 0.491. The van der Waals surface area contributed by atoms with E-state index in [1.54, 1.807) is 25.3 Å². The number of methoxy groups -OCH3 is 1. The van der Waals surface area contributed by atoms with E-state index in [0.29, 0.717) is 15.9 Å². The summed E-state index contributed by atoms with van der Waals surface area (Å²) in [5, 5.41) is 2.12. The van der Waals surface area contributed by atoms with Crippen molar-refractivity contribution in [3.05, 3.63) is 34.3 Å². The number of ether oxygens (including phenoxy) is 1. The molecule has 1 heterocycles. The van der Waals surface area contributed by atoms with Crippen molar-refractivity contribution in [3.63, 3.8) is 0 Å². The van der Waals surface area contributed by atoms with Gasteiger partial charge >= 0.3 is 0 Å². The summed E-state index contributed by atoms with van der Waals surface area (Å²) in [5.41, 5.74) is 0.738. The van der Waals surface area contributed by atoms with Crippen LogP contribution >= 0.6 is 23.2 Å². The maximum absolute atomic E-state index is 6.03. The Balaban J connectivity index is 2.77. The number of rotatable bonds is 1. The Morgan fingerprint density at radius 2 is 2.00 bits per heavy atom. The molecule has 1 aromatic carbocycles. The summed E-state index contributed by atoms with van der Waals surface area (Å²) in [7, 11) is 1.55. The van der Waals surface area contributed by atoms with Crippen LogP contribution in [0, 0.1) is 0 Å². The number of halogens is 2. The van der Waals surface area contributed by atoms with Crippen LogP contribution in [0.25, 0.3) is 10.9 Å². The lowest BCUT2D eigenvalue weighted by atomic mass is 10.2. The minimum absolute atomic E-state index is 0.491. The molecule has 0 spiro atoms. The molecule has 0 N–H and O–H groups in total. The molecule has 0 fully saturated rings. The second kappa shape index (κ2) is 3.64. The van der Waals surface area contributed by atoms with Gasteiger partial charge < -0.3 is 4.74 Å². The number of fused-ring (bicyclic) bond motifs is 1. The second-order valence-corrected chi connectivity index (χ2v) is 3.65. The Bertz CT molecular complexity index is 485. The lowest BCUT2D eigenvalue weighted by Gasteiger charge is -2.03. The average molecular weight is 228 g/mol. The van der Waals surface area contributed by atoms with E-state index >= 15 is 0 Å². The first-order valence-corrected chi connectivity index (χ1v) is 4.76. The van der Waals surface area contributed by atoms with Crippen LogP contribution in [0.4, 0.5) is 0 Å². The van der Waals surface area contributed by atoms with Gasteiger partial charge in [0, 0.05) is 16.5 Å². The standard InChI is InChI=1S/C10H7Cl2NO/c1-14-10-5-8(12)7-3-2-6(11)4-9(7)13-10/h2-5H,1H3. The molecule has 0 saturated carbocycles. The predicted octanol–water partition coefficient (Wildman–Crippen LogP) is 3.55. The average Bonchev–Trinajstić information content (AvgIpc) is 2.16. The fourth-order valence-corrected chi connectivity index (χ4v) is 1.66. The summed E-state index contributed by atoms with van der Waals surface area (Å²) in [6, 6.07) is 7.06. The highest BCUT2D eigenvalue weighted by molar-refractivity contribution is 6.36. The Morgan fingerprint density at radius 1 is 1.21 bits per heavy atom. The monoisotopic (exact) mass is 227 g/mol. The van der Waals surface area contributed by atoms with Crippen LogP contribution in [0.2, 0.25) is 10.0 Å². The smallest absolute Gasteiger partial charge is 0.215 e. The summed E-state index contributed by atoms with van der Waals surface area (Å²) < 4.78 is 5.00. The van der Waals surface area contributed by atoms with E-state index in [2.05, 4.69) is 4.98 Å². The van der Waals surface area contributed by atoms with E-state index in [9.17, 15) is 0 Å². The van der Waals surface area contributed by atoms with Crippen molar-refractivity contribution in [2.75, 3.05) is 7.11 Å². The van der Waals surface area contributed by atoms with Gasteiger partial charge in [0.1, 0.15) is 0 Å². The number of pyridine rings is 1. The third-order valence-electron chi connectivity index (χ3n) is 1.91. The van der Waals surface area contributed by atoms with E-state index in [-0.39, 0.29) is 0 Å². The molecule has 0 unspecified atom stereocenters. The van der Waals surface area contributed by atoms with Crippen LogP contribution < -0.4 is 4.74 Å². The highest BCUT2D eigenvalue weighted by atomic mass is 35.5. The van der Waals surface area contributed by atoms with Crippen molar-refractivity contribution < 1.29 is 4.74 Å². The zero-order valence-electron chi connectivity index (χ0n) is 7.42. The molecule has 4 heteroatoms. The van der Waals surface area contributed by atoms with Crippen molar-refractivity contribution in [1.29, 1.82) is 0 Å². The lowest BCUT2D eigenvalue weighted by molar-refractivity contribution is 0.399. The molecule has 0 bridgehead atoms. The highest BCUT2D eigenvalue weighted by Crippen LogP contribution is 2.27. The van der Waals surface area contributed by atoms with Gasteiger partial charge in [-0.05, 0) is 18.2 Å². The fourth-order valence-electron chi connectivity index (χ4n) is 1.24. The SMILES string of the molecule is COc1cc(Cl)c2ccc(Cl)cc2n1. The Morgan fingerprint density at radius 3 is 2.71 bits per heavy atom. The van der Waals surface area contributed by atoms with Crippen molar-refractivity contribution in [1.82, 2.24) is 4.98 Å². The van der Waals surface area contributed by atoms with E-state index in [1.807, 2.05) is 6.07 Å². The zero-order valence-corrected chi connectivity index (χ0v) is 8.93. The normalized spacial score (nSPS) is 10.5. The first kappa shape index (κ1) is 9.56. The van der Waals surface area contributed by atoms with Crippen molar-refractivity contribution in [3.8, 4) is 5.88 Å². The largest absolute Gasteiger partial charge is 0.481 e. The number of nitrogens with zero attached hydrogens (tertiary/aromatic N) is 1. The van der Waals surface area contributed by atoms with Crippen molar-refractivity contribution in [2.24, 2.45) is 0 Å². The maximum Gasteiger partial charge on any atom is 0.215 e. The van der Waals surface area contributed by atoms with E-state index in [0.717, 1.165) is 10.9 Å². The number of benzene rings is 1. The molecule has 14 heavy (non-hydrogen) atoms. The molecule has 0 aliphatic heterocycles. The van der Waals surface area contributed by atoms with Gasteiger partial charge in [-0.25, -0.2) is 4.98 Å². The molecule has 0 saturated heterocycles. The van der Waals surface area contributed by atoms with E-state index in [1.165, 1.54) is 0 Å². The van der Waals surface area contributed by atoms with Crippen LogP contribution in [0.15, 0.2) is 24.3 Å². The maximum atomic E-state index is 6.03. The second-order valence-electron chi connectivity index (χ2n) is 2.81. The summed E-state index contributed by atoms with van der Waals surface area (Å²) >= 11 is 11.9. The lowest BCUT2D eigenvalue weighted by Crippen LogP contribution is -1.88. The van der Waals surface area contributed by atoms with E-state index < -0.39 is 0 Å². The first-order valence-electron chi connectivity index (χ1n) is 4.00. The van der Waals surface area contributed by atoms with Gasteiger partial charge in [-0.15, -0.1) is 0 Å². The predicted molar refractivity (Wildman–Crippen MR) is 58.3 cm³/mol. The van der Waals surface area contributed by atoms with Gasteiger partial charge in [0.05, 0.1) is 17.6 Å². The molecule has 2 aromatic rings. The van der Waals surface area contributed by atoms with Crippen LogP contribution in [0.5, 0.6) is 5.88 Å². The Hall–Kier alpha value is -0.990. The third-order valence-corrected chi connectivity index (χ3v) is 2.45. The molecule has 0 aliphatic rings. The van der Waals surface area contributed by atoms with Gasteiger partial charge in [0.25, 0.3) is 0 Å². The Kier molecular flexibility index (Phi) is 2.48. The summed E-state index contributed by atoms with van der Waals surface area (Å²) in [6.45, 7) is 0. The van der Waals surface area contributed by atoms with E-state index in [4.69, 9.17) is 27.9 Å². The topological polar surface area (TPSA) is 22.1 Å². The van der Waals surface area contributed by atoms with Gasteiger partial charge in [0.15, 0.2) is 0 Å². The molecule has 72 valence electrons. The summed E-state index contributed by atoms with van der Waals surface area (Å²) in [6.07, 6.45) is 0. The molecular formula is C10H7Cl2NO. The molecule has 0 amide bonds. The molecule has 0 aliphatic carbocycles. The minimum Gasteiger partial charge on any atom is -0.481 e. The third kappa shape index (κ3) is 1.63. The molecule has 0 radical (unpaired) electrons. The fraction of sp³-hybridized carbons (Fsp3) is 0.100. The van der Waals surface area contributed by atoms with Crippen LogP contribution in [0.1, 0.15) is 0 Å². The summed E-state index contributed by atoms with van der Waals surface area (Å²) in [4.78, 5) is 4.22. The van der Waals surface area contributed by atoms with Gasteiger partial charge in [-0.3, -0.25) is 0 Å². The van der Waals surface area contributed by atoms with Crippen molar-refractivity contribution >= 4 is 34.1 Å². The van der Waals surface area contributed by atoms with Gasteiger partial charge in [-0.2, -0.15) is 0 Å². The molecule has 2 rings (SSSR count). The minimum atomic E-state index is 0.491.